The standard InChI is InChI=1S/C32H32N8/c1-39(2)19-25-23-11-5-7-15-27(23)33-31(25)37-35-29-17-9-14-22-21(29)13-10-18-30(22)36-38-32-26(20-40(3)4)24-12-6-8-16-28(24)34-32/h5-18,33-34H,19-20H2,1-4H3. The van der Waals surface area contributed by atoms with Gasteiger partial charge in [-0.3, -0.25) is 0 Å². The van der Waals surface area contributed by atoms with Crippen molar-refractivity contribution in [2.75, 3.05) is 28.2 Å². The van der Waals surface area contributed by atoms with Gasteiger partial charge in [0.25, 0.3) is 0 Å². The number of aromatic nitrogens is 2. The normalized spacial score (nSPS) is 12.4. The molecule has 0 radical (unpaired) electrons. The molecular weight excluding hydrogens is 496 g/mol. The van der Waals surface area contributed by atoms with Crippen LogP contribution in [0.15, 0.2) is 105 Å². The summed E-state index contributed by atoms with van der Waals surface area (Å²) in [6, 6.07) is 28.6. The van der Waals surface area contributed by atoms with Gasteiger partial charge in [0.05, 0.1) is 11.4 Å². The molecule has 0 amide bonds. The average molecular weight is 529 g/mol. The summed E-state index contributed by atoms with van der Waals surface area (Å²) in [6.45, 7) is 1.53. The zero-order chi connectivity index (χ0) is 27.6. The Morgan fingerprint density at radius 3 is 1.30 bits per heavy atom. The molecule has 2 aromatic heterocycles. The largest absolute Gasteiger partial charge is 0.338 e. The Labute approximate surface area is 233 Å². The molecular formula is C32H32N8. The molecule has 40 heavy (non-hydrogen) atoms. The van der Waals surface area contributed by atoms with Crippen LogP contribution in [0.1, 0.15) is 11.1 Å². The van der Waals surface area contributed by atoms with Crippen LogP contribution in [0.4, 0.5) is 23.0 Å². The summed E-state index contributed by atoms with van der Waals surface area (Å²) in [5, 5.41) is 23.0. The molecule has 0 saturated carbocycles. The first kappa shape index (κ1) is 25.6. The van der Waals surface area contributed by atoms with Gasteiger partial charge in [0.15, 0.2) is 11.6 Å². The third-order valence-electron chi connectivity index (χ3n) is 6.92. The Hall–Kier alpha value is -4.66. The van der Waals surface area contributed by atoms with Crippen LogP contribution in [-0.4, -0.2) is 48.0 Å². The minimum absolute atomic E-state index is 0.766. The highest BCUT2D eigenvalue weighted by Crippen LogP contribution is 2.37. The van der Waals surface area contributed by atoms with Crippen LogP contribution in [0.5, 0.6) is 0 Å². The lowest BCUT2D eigenvalue weighted by Crippen LogP contribution is -2.10. The Bertz CT molecular complexity index is 1740. The molecule has 0 spiro atoms. The van der Waals surface area contributed by atoms with Crippen LogP contribution >= 0.6 is 0 Å². The topological polar surface area (TPSA) is 87.5 Å². The summed E-state index contributed by atoms with van der Waals surface area (Å²) in [7, 11) is 8.23. The summed E-state index contributed by atoms with van der Waals surface area (Å²) in [5.41, 5.74) is 5.93. The lowest BCUT2D eigenvalue weighted by molar-refractivity contribution is 0.404. The number of nitrogens with zero attached hydrogens (tertiary/aromatic N) is 6. The van der Waals surface area contributed by atoms with Gasteiger partial charge in [0.1, 0.15) is 0 Å². The van der Waals surface area contributed by atoms with E-state index in [4.69, 9.17) is 10.2 Å². The maximum atomic E-state index is 4.69. The van der Waals surface area contributed by atoms with Crippen molar-refractivity contribution in [1.29, 1.82) is 0 Å². The lowest BCUT2D eigenvalue weighted by Gasteiger charge is -2.09. The second-order valence-electron chi connectivity index (χ2n) is 10.5. The number of rotatable bonds is 8. The van der Waals surface area contributed by atoms with E-state index in [9.17, 15) is 0 Å². The van der Waals surface area contributed by atoms with Gasteiger partial charge in [-0.1, -0.05) is 60.7 Å². The number of para-hydroxylation sites is 2. The minimum atomic E-state index is 0.766. The third-order valence-corrected chi connectivity index (χ3v) is 6.92. The summed E-state index contributed by atoms with van der Waals surface area (Å²) in [4.78, 5) is 11.2. The van der Waals surface area contributed by atoms with Crippen molar-refractivity contribution in [3.8, 4) is 0 Å². The monoisotopic (exact) mass is 528 g/mol. The first-order valence-corrected chi connectivity index (χ1v) is 13.3. The second kappa shape index (κ2) is 10.8. The Balaban J connectivity index is 1.37. The average Bonchev–Trinajstić information content (AvgIpc) is 3.47. The smallest absolute Gasteiger partial charge is 0.158 e. The number of benzene rings is 4. The predicted molar refractivity (Wildman–Crippen MR) is 164 cm³/mol. The molecule has 0 atom stereocenters. The molecule has 6 aromatic rings. The molecule has 0 aliphatic carbocycles. The number of fused-ring (bicyclic) bond motifs is 3. The van der Waals surface area contributed by atoms with Crippen molar-refractivity contribution in [3.05, 3.63) is 96.1 Å². The van der Waals surface area contributed by atoms with Crippen molar-refractivity contribution in [3.63, 3.8) is 0 Å². The molecule has 8 heteroatoms. The molecule has 0 fully saturated rings. The van der Waals surface area contributed by atoms with Crippen molar-refractivity contribution in [1.82, 2.24) is 19.8 Å². The summed E-state index contributed by atoms with van der Waals surface area (Å²) >= 11 is 0. The van der Waals surface area contributed by atoms with Gasteiger partial charge in [0.2, 0.25) is 0 Å². The fourth-order valence-electron chi connectivity index (χ4n) is 5.15. The van der Waals surface area contributed by atoms with Crippen molar-refractivity contribution in [2.45, 2.75) is 13.1 Å². The van der Waals surface area contributed by atoms with Crippen LogP contribution in [0.2, 0.25) is 0 Å². The molecule has 0 aliphatic rings. The third kappa shape index (κ3) is 5.02. The van der Waals surface area contributed by atoms with Crippen LogP contribution in [0.25, 0.3) is 32.6 Å². The van der Waals surface area contributed by atoms with E-state index < -0.39 is 0 Å². The number of hydrogen-bond acceptors (Lipinski definition) is 6. The number of H-pyrrole nitrogens is 2. The molecule has 0 unspecified atom stereocenters. The molecule has 2 N–H and O–H groups in total. The van der Waals surface area contributed by atoms with Crippen LogP contribution in [0, 0.1) is 0 Å². The zero-order valence-corrected chi connectivity index (χ0v) is 23.2. The van der Waals surface area contributed by atoms with Gasteiger partial charge < -0.3 is 19.8 Å². The highest BCUT2D eigenvalue weighted by atomic mass is 15.2. The zero-order valence-electron chi connectivity index (χ0n) is 23.2. The van der Waals surface area contributed by atoms with Gasteiger partial charge in [-0.25, -0.2) is 0 Å². The van der Waals surface area contributed by atoms with E-state index >= 15 is 0 Å². The molecule has 4 aromatic carbocycles. The number of hydrogen-bond donors (Lipinski definition) is 2. The van der Waals surface area contributed by atoms with E-state index in [0.29, 0.717) is 0 Å². The Morgan fingerprint density at radius 2 is 0.875 bits per heavy atom. The quantitative estimate of drug-likeness (QED) is 0.193. The maximum absolute atomic E-state index is 4.69. The van der Waals surface area contributed by atoms with E-state index in [1.165, 1.54) is 0 Å². The van der Waals surface area contributed by atoms with E-state index in [1.807, 2.05) is 36.4 Å². The summed E-state index contributed by atoms with van der Waals surface area (Å²) in [5.74, 6) is 1.55. The number of nitrogens with one attached hydrogen (secondary N) is 2. The molecule has 0 aliphatic heterocycles. The Kier molecular flexibility index (Phi) is 6.94. The molecule has 200 valence electrons. The highest BCUT2D eigenvalue weighted by Gasteiger charge is 2.14. The summed E-state index contributed by atoms with van der Waals surface area (Å²) in [6.07, 6.45) is 0. The fourth-order valence-corrected chi connectivity index (χ4v) is 5.15. The van der Waals surface area contributed by atoms with Crippen LogP contribution in [0.3, 0.4) is 0 Å². The van der Waals surface area contributed by atoms with Crippen LogP contribution in [-0.2, 0) is 13.1 Å². The first-order valence-electron chi connectivity index (χ1n) is 13.3. The second-order valence-corrected chi connectivity index (χ2v) is 10.5. The lowest BCUT2D eigenvalue weighted by atomic mass is 10.1. The molecule has 2 heterocycles. The summed E-state index contributed by atoms with van der Waals surface area (Å²) < 4.78 is 0. The van der Waals surface area contributed by atoms with Gasteiger partial charge in [-0.05, 0) is 52.5 Å². The SMILES string of the molecule is CN(C)Cc1c(N=Nc2cccc3c(N=Nc4[nH]c5ccccc5c4CN(C)C)cccc23)[nH]c2ccccc12. The van der Waals surface area contributed by atoms with Gasteiger partial charge in [-0.2, -0.15) is 0 Å². The highest BCUT2D eigenvalue weighted by molar-refractivity contribution is 5.99. The molecule has 8 nitrogen and oxygen atoms in total. The van der Waals surface area contributed by atoms with Crippen molar-refractivity contribution >= 4 is 55.6 Å². The maximum Gasteiger partial charge on any atom is 0.158 e. The van der Waals surface area contributed by atoms with E-state index in [1.54, 1.807) is 0 Å². The predicted octanol–water partition coefficient (Wildman–Crippen LogP) is 8.76. The van der Waals surface area contributed by atoms with Crippen molar-refractivity contribution in [2.24, 2.45) is 20.5 Å². The molecule has 0 saturated heterocycles. The van der Waals surface area contributed by atoms with Crippen LogP contribution < -0.4 is 0 Å². The van der Waals surface area contributed by atoms with E-state index in [0.717, 1.165) is 79.8 Å². The van der Waals surface area contributed by atoms with E-state index in [2.05, 4.69) is 107 Å². The number of aromatic amines is 2. The first-order chi connectivity index (χ1) is 19.5. The minimum Gasteiger partial charge on any atom is -0.338 e. The van der Waals surface area contributed by atoms with E-state index in [-0.39, 0.29) is 0 Å². The van der Waals surface area contributed by atoms with Gasteiger partial charge in [-0.15, -0.1) is 20.5 Å². The van der Waals surface area contributed by atoms with Gasteiger partial charge >= 0.3 is 0 Å². The Morgan fingerprint density at radius 1 is 0.475 bits per heavy atom. The molecule has 6 rings (SSSR count). The van der Waals surface area contributed by atoms with Crippen molar-refractivity contribution < 1.29 is 0 Å². The number of azo groups is 2. The van der Waals surface area contributed by atoms with Gasteiger partial charge in [0, 0.05) is 56.8 Å². The molecule has 0 bridgehead atoms. The fraction of sp³-hybridized carbons (Fsp3) is 0.188.